The molecule has 4 rings (SSSR count). The molecule has 2 aromatic rings. The van der Waals surface area contributed by atoms with Crippen LogP contribution in [0.15, 0.2) is 53.4 Å². The van der Waals surface area contributed by atoms with Gasteiger partial charge in [-0.15, -0.1) is 0 Å². The fraction of sp³-hybridized carbons (Fsp3) is 0.435. The molecular formula is C23H28N2O3S. The molecule has 5 nitrogen and oxygen atoms in total. The van der Waals surface area contributed by atoms with Crippen LogP contribution in [0, 0.1) is 0 Å². The van der Waals surface area contributed by atoms with E-state index in [0.717, 1.165) is 31.2 Å². The number of hydrogen-bond acceptors (Lipinski definition) is 3. The fourth-order valence-electron chi connectivity index (χ4n) is 4.33. The Balaban J connectivity index is 1.64. The van der Waals surface area contributed by atoms with Crippen molar-refractivity contribution in [1.82, 2.24) is 9.21 Å². The second-order valence-corrected chi connectivity index (χ2v) is 9.66. The van der Waals surface area contributed by atoms with Crippen molar-refractivity contribution in [3.63, 3.8) is 0 Å². The molecule has 29 heavy (non-hydrogen) atoms. The molecule has 6 heteroatoms. The molecule has 1 saturated carbocycles. The van der Waals surface area contributed by atoms with Gasteiger partial charge in [-0.1, -0.05) is 24.3 Å². The molecular weight excluding hydrogens is 384 g/mol. The topological polar surface area (TPSA) is 57.7 Å². The smallest absolute Gasteiger partial charge is 0.253 e. The molecule has 1 amide bonds. The van der Waals surface area contributed by atoms with Gasteiger partial charge in [-0.2, -0.15) is 4.31 Å². The monoisotopic (exact) mass is 412 g/mol. The molecule has 1 atom stereocenters. The van der Waals surface area contributed by atoms with E-state index in [0.29, 0.717) is 18.7 Å². The Kier molecular flexibility index (Phi) is 5.49. The molecule has 2 aliphatic carbocycles. The van der Waals surface area contributed by atoms with Crippen molar-refractivity contribution in [2.75, 3.05) is 13.1 Å². The van der Waals surface area contributed by atoms with Crippen LogP contribution in [0.25, 0.3) is 0 Å². The molecule has 0 aromatic heterocycles. The van der Waals surface area contributed by atoms with Gasteiger partial charge in [0.2, 0.25) is 10.0 Å². The number of aryl methyl sites for hydroxylation is 1. The molecule has 2 aromatic carbocycles. The largest absolute Gasteiger partial charge is 0.339 e. The summed E-state index contributed by atoms with van der Waals surface area (Å²) in [7, 11) is -3.63. The molecule has 1 fully saturated rings. The summed E-state index contributed by atoms with van der Waals surface area (Å²) in [4.78, 5) is 14.5. The van der Waals surface area contributed by atoms with Gasteiger partial charge in [0.1, 0.15) is 0 Å². The van der Waals surface area contributed by atoms with Gasteiger partial charge in [-0.3, -0.25) is 4.79 Å². The normalized spacial score (nSPS) is 18.7. The van der Waals surface area contributed by atoms with Gasteiger partial charge in [0, 0.05) is 24.7 Å². The van der Waals surface area contributed by atoms with Crippen molar-refractivity contribution in [3.05, 3.63) is 65.2 Å². The maximum Gasteiger partial charge on any atom is 0.253 e. The van der Waals surface area contributed by atoms with Crippen molar-refractivity contribution >= 4 is 15.9 Å². The Hall–Kier alpha value is -2.18. The second kappa shape index (κ2) is 7.92. The number of rotatable bonds is 7. The highest BCUT2D eigenvalue weighted by Gasteiger charge is 2.44. The first-order valence-corrected chi connectivity index (χ1v) is 11.9. The zero-order chi connectivity index (χ0) is 20.6. The van der Waals surface area contributed by atoms with Crippen LogP contribution in [-0.2, 0) is 16.4 Å². The molecule has 0 aliphatic heterocycles. The summed E-state index contributed by atoms with van der Waals surface area (Å²) in [5.74, 6) is -0.0669. The average Bonchev–Trinajstić information content (AvgIpc) is 3.48. The van der Waals surface area contributed by atoms with Crippen LogP contribution in [0.5, 0.6) is 0 Å². The van der Waals surface area contributed by atoms with E-state index in [4.69, 9.17) is 0 Å². The summed E-state index contributed by atoms with van der Waals surface area (Å²) in [5, 5.41) is 0. The van der Waals surface area contributed by atoms with E-state index in [9.17, 15) is 13.2 Å². The lowest BCUT2D eigenvalue weighted by atomic mass is 10.1. The zero-order valence-corrected chi connectivity index (χ0v) is 17.9. The number of carbonyl (C=O) groups excluding carboxylic acids is 1. The van der Waals surface area contributed by atoms with Gasteiger partial charge in [0.05, 0.1) is 10.9 Å². The van der Waals surface area contributed by atoms with Gasteiger partial charge in [0.15, 0.2) is 0 Å². The molecule has 0 heterocycles. The van der Waals surface area contributed by atoms with Crippen molar-refractivity contribution in [3.8, 4) is 0 Å². The first-order chi connectivity index (χ1) is 14.0. The average molecular weight is 413 g/mol. The van der Waals surface area contributed by atoms with Crippen LogP contribution in [0.4, 0.5) is 0 Å². The van der Waals surface area contributed by atoms with E-state index in [1.807, 2.05) is 26.0 Å². The number of amides is 1. The third-order valence-corrected chi connectivity index (χ3v) is 8.02. The Bertz CT molecular complexity index is 993. The number of nitrogens with zero attached hydrogens (tertiary/aromatic N) is 2. The van der Waals surface area contributed by atoms with Gasteiger partial charge >= 0.3 is 0 Å². The second-order valence-electron chi connectivity index (χ2n) is 7.82. The first-order valence-electron chi connectivity index (χ1n) is 10.5. The van der Waals surface area contributed by atoms with Crippen molar-refractivity contribution in [2.24, 2.45) is 0 Å². The van der Waals surface area contributed by atoms with Crippen molar-refractivity contribution in [1.29, 1.82) is 0 Å². The summed E-state index contributed by atoms with van der Waals surface area (Å²) in [6.07, 6.45) is 3.57. The minimum absolute atomic E-state index is 0.0669. The fourth-order valence-corrected chi connectivity index (χ4v) is 6.21. The Labute approximate surface area is 173 Å². The Morgan fingerprint density at radius 2 is 1.62 bits per heavy atom. The highest BCUT2D eigenvalue weighted by atomic mass is 32.2. The Morgan fingerprint density at radius 1 is 0.966 bits per heavy atom. The van der Waals surface area contributed by atoms with Crippen LogP contribution in [0.2, 0.25) is 0 Å². The van der Waals surface area contributed by atoms with Crippen molar-refractivity contribution < 1.29 is 13.2 Å². The number of carbonyl (C=O) groups is 1. The molecule has 0 spiro atoms. The van der Waals surface area contributed by atoms with Crippen LogP contribution in [0.3, 0.4) is 0 Å². The minimum Gasteiger partial charge on any atom is -0.339 e. The number of fused-ring (bicyclic) bond motifs is 1. The van der Waals surface area contributed by atoms with Crippen LogP contribution in [-0.4, -0.2) is 42.7 Å². The molecule has 1 unspecified atom stereocenters. The predicted octanol–water partition coefficient (Wildman–Crippen LogP) is 4.01. The van der Waals surface area contributed by atoms with E-state index in [1.54, 1.807) is 33.5 Å². The van der Waals surface area contributed by atoms with E-state index in [-0.39, 0.29) is 22.9 Å². The molecule has 0 N–H and O–H groups in total. The van der Waals surface area contributed by atoms with E-state index in [1.165, 1.54) is 5.56 Å². The van der Waals surface area contributed by atoms with Crippen LogP contribution >= 0.6 is 0 Å². The molecule has 0 radical (unpaired) electrons. The number of sulfonamides is 1. The maximum absolute atomic E-state index is 13.6. The molecule has 2 aliphatic rings. The van der Waals surface area contributed by atoms with Crippen LogP contribution < -0.4 is 0 Å². The van der Waals surface area contributed by atoms with Gasteiger partial charge < -0.3 is 4.90 Å². The zero-order valence-electron chi connectivity index (χ0n) is 17.0. The summed E-state index contributed by atoms with van der Waals surface area (Å²) in [5.41, 5.74) is 2.91. The van der Waals surface area contributed by atoms with Gasteiger partial charge in [0.25, 0.3) is 5.91 Å². The summed E-state index contributed by atoms with van der Waals surface area (Å²) in [6.45, 7) is 5.14. The van der Waals surface area contributed by atoms with Crippen molar-refractivity contribution in [2.45, 2.75) is 56.5 Å². The molecule has 0 bridgehead atoms. The van der Waals surface area contributed by atoms with Gasteiger partial charge in [-0.25, -0.2) is 8.42 Å². The maximum atomic E-state index is 13.6. The lowest BCUT2D eigenvalue weighted by molar-refractivity contribution is 0.0773. The highest BCUT2D eigenvalue weighted by molar-refractivity contribution is 7.89. The van der Waals surface area contributed by atoms with E-state index < -0.39 is 10.0 Å². The summed E-state index contributed by atoms with van der Waals surface area (Å²) < 4.78 is 28.9. The lowest BCUT2D eigenvalue weighted by Crippen LogP contribution is -2.36. The quantitative estimate of drug-likeness (QED) is 0.690. The first kappa shape index (κ1) is 20.1. The number of hydrogen-bond donors (Lipinski definition) is 0. The Morgan fingerprint density at radius 3 is 2.24 bits per heavy atom. The lowest BCUT2D eigenvalue weighted by Gasteiger charge is -2.29. The standard InChI is InChI=1S/C23H28N2O3S/c1-3-24(4-2)23(26)18-9-14-20(15-10-18)29(27,28)25(19-12-13-19)22-16-11-17-7-5-6-8-21(17)22/h5-10,14-15,19,22H,3-4,11-13,16H2,1-2H3. The third kappa shape index (κ3) is 3.71. The van der Waals surface area contributed by atoms with E-state index in [2.05, 4.69) is 12.1 Å². The third-order valence-electron chi connectivity index (χ3n) is 6.04. The van der Waals surface area contributed by atoms with Gasteiger partial charge in [-0.05, 0) is 74.9 Å². The predicted molar refractivity (Wildman–Crippen MR) is 113 cm³/mol. The van der Waals surface area contributed by atoms with E-state index >= 15 is 0 Å². The highest BCUT2D eigenvalue weighted by Crippen LogP contribution is 2.44. The van der Waals surface area contributed by atoms with Crippen LogP contribution in [0.1, 0.15) is 60.6 Å². The SMILES string of the molecule is CCN(CC)C(=O)c1ccc(S(=O)(=O)N(C2CC2)C2CCc3ccccc32)cc1. The summed E-state index contributed by atoms with van der Waals surface area (Å²) in [6, 6.07) is 14.6. The molecule has 154 valence electrons. The summed E-state index contributed by atoms with van der Waals surface area (Å²) >= 11 is 0. The molecule has 0 saturated heterocycles. The number of benzene rings is 2. The minimum atomic E-state index is -3.63.